The number of para-hydroxylation sites is 1. The van der Waals surface area contributed by atoms with Crippen molar-refractivity contribution in [3.63, 3.8) is 0 Å². The second kappa shape index (κ2) is 8.65. The van der Waals surface area contributed by atoms with Crippen LogP contribution in [0.4, 0.5) is 5.69 Å². The number of anilines is 1. The van der Waals surface area contributed by atoms with Crippen molar-refractivity contribution in [1.82, 2.24) is 5.32 Å². The van der Waals surface area contributed by atoms with Gasteiger partial charge in [0.25, 0.3) is 0 Å². The van der Waals surface area contributed by atoms with Crippen LogP contribution in [0.15, 0.2) is 54.6 Å². The minimum absolute atomic E-state index is 0.234. The number of carbonyl (C=O) groups excluding carboxylic acids is 1. The Morgan fingerprint density at radius 2 is 1.79 bits per heavy atom. The number of nitrogens with zero attached hydrogens (tertiary/aromatic N) is 1. The molecule has 1 heterocycles. The third-order valence-corrected chi connectivity index (χ3v) is 4.59. The molecule has 0 saturated carbocycles. The smallest absolute Gasteiger partial charge is 0.228 e. The van der Waals surface area contributed by atoms with Crippen molar-refractivity contribution in [2.45, 2.75) is 32.1 Å². The van der Waals surface area contributed by atoms with Crippen LogP contribution < -0.4 is 10.2 Å². The molecule has 0 bridgehead atoms. The molecule has 0 spiro atoms. The molecule has 1 N–H and O–H groups in total. The molecule has 3 heteroatoms. The molecule has 3 rings (SSSR count). The first kappa shape index (κ1) is 16.7. The summed E-state index contributed by atoms with van der Waals surface area (Å²) in [6, 6.07) is 18.8. The van der Waals surface area contributed by atoms with E-state index in [1.54, 1.807) is 0 Å². The summed E-state index contributed by atoms with van der Waals surface area (Å²) in [6.45, 7) is 2.56. The summed E-state index contributed by atoms with van der Waals surface area (Å²) < 4.78 is 0. The van der Waals surface area contributed by atoms with Crippen LogP contribution in [0.3, 0.4) is 0 Å². The number of rotatable bonds is 7. The molecule has 24 heavy (non-hydrogen) atoms. The normalized spacial score (nSPS) is 13.6. The predicted octanol–water partition coefficient (Wildman–Crippen LogP) is 3.58. The summed E-state index contributed by atoms with van der Waals surface area (Å²) in [5.41, 5.74) is 3.78. The van der Waals surface area contributed by atoms with E-state index in [-0.39, 0.29) is 5.91 Å². The molecule has 0 radical (unpaired) electrons. The number of hydrogen-bond acceptors (Lipinski definition) is 2. The number of benzene rings is 2. The molecule has 0 fully saturated rings. The van der Waals surface area contributed by atoms with Crippen molar-refractivity contribution in [2.24, 2.45) is 0 Å². The van der Waals surface area contributed by atoms with Crippen molar-refractivity contribution in [3.8, 4) is 0 Å². The van der Waals surface area contributed by atoms with E-state index < -0.39 is 0 Å². The molecule has 3 nitrogen and oxygen atoms in total. The Kier molecular flexibility index (Phi) is 6.02. The van der Waals surface area contributed by atoms with Gasteiger partial charge in [-0.25, -0.2) is 0 Å². The second-order valence-corrected chi connectivity index (χ2v) is 6.37. The Bertz CT molecular complexity index is 654. The number of aryl methyl sites for hydroxylation is 2. The zero-order valence-electron chi connectivity index (χ0n) is 14.2. The lowest BCUT2D eigenvalue weighted by Crippen LogP contribution is -2.37. The van der Waals surface area contributed by atoms with Crippen molar-refractivity contribution in [3.05, 3.63) is 65.7 Å². The van der Waals surface area contributed by atoms with Crippen molar-refractivity contribution >= 4 is 11.6 Å². The summed E-state index contributed by atoms with van der Waals surface area (Å²) in [5, 5.41) is 3.40. The van der Waals surface area contributed by atoms with Gasteiger partial charge in [-0.1, -0.05) is 48.5 Å². The van der Waals surface area contributed by atoms with E-state index in [9.17, 15) is 4.79 Å². The van der Waals surface area contributed by atoms with Gasteiger partial charge in [0.05, 0.1) is 0 Å². The quantitative estimate of drug-likeness (QED) is 0.790. The molecule has 2 aromatic rings. The standard InChI is InChI=1S/C21H26N2O/c24-21(23-17-7-12-19-11-4-5-13-20(19)23)14-16-22-15-6-10-18-8-2-1-3-9-18/h1-5,8-9,11,13,22H,6-7,10,12,14-17H2. The third-order valence-electron chi connectivity index (χ3n) is 4.59. The molecule has 0 aliphatic carbocycles. The first-order chi connectivity index (χ1) is 11.8. The molecule has 0 aromatic heterocycles. The Morgan fingerprint density at radius 1 is 1.00 bits per heavy atom. The largest absolute Gasteiger partial charge is 0.316 e. The lowest BCUT2D eigenvalue weighted by molar-refractivity contribution is -0.118. The van der Waals surface area contributed by atoms with E-state index in [1.165, 1.54) is 11.1 Å². The maximum Gasteiger partial charge on any atom is 0.228 e. The molecule has 1 amide bonds. The van der Waals surface area contributed by atoms with E-state index in [2.05, 4.69) is 47.8 Å². The molecule has 126 valence electrons. The van der Waals surface area contributed by atoms with Crippen LogP contribution in [0, 0.1) is 0 Å². The van der Waals surface area contributed by atoms with E-state index in [4.69, 9.17) is 0 Å². The molecular weight excluding hydrogens is 296 g/mol. The highest BCUT2D eigenvalue weighted by Gasteiger charge is 2.21. The average Bonchev–Trinajstić information content (AvgIpc) is 2.64. The van der Waals surface area contributed by atoms with Crippen LogP contribution >= 0.6 is 0 Å². The molecule has 0 unspecified atom stereocenters. The molecule has 0 atom stereocenters. The predicted molar refractivity (Wildman–Crippen MR) is 99.4 cm³/mol. The van der Waals surface area contributed by atoms with Crippen molar-refractivity contribution in [2.75, 3.05) is 24.5 Å². The van der Waals surface area contributed by atoms with Crippen LogP contribution in [-0.4, -0.2) is 25.5 Å². The number of hydrogen-bond donors (Lipinski definition) is 1. The van der Waals surface area contributed by atoms with E-state index in [0.717, 1.165) is 51.0 Å². The van der Waals surface area contributed by atoms with E-state index in [1.807, 2.05) is 17.0 Å². The first-order valence-corrected chi connectivity index (χ1v) is 8.97. The van der Waals surface area contributed by atoms with E-state index in [0.29, 0.717) is 6.42 Å². The Balaban J connectivity index is 1.37. The van der Waals surface area contributed by atoms with Crippen LogP contribution in [0.5, 0.6) is 0 Å². The highest BCUT2D eigenvalue weighted by Crippen LogP contribution is 2.26. The molecule has 1 aliphatic heterocycles. The van der Waals surface area contributed by atoms with Crippen LogP contribution in [0.2, 0.25) is 0 Å². The lowest BCUT2D eigenvalue weighted by Gasteiger charge is -2.29. The van der Waals surface area contributed by atoms with Crippen LogP contribution in [0.25, 0.3) is 0 Å². The minimum atomic E-state index is 0.234. The maximum absolute atomic E-state index is 12.5. The van der Waals surface area contributed by atoms with E-state index >= 15 is 0 Å². The molecule has 2 aromatic carbocycles. The Morgan fingerprint density at radius 3 is 2.67 bits per heavy atom. The summed E-state index contributed by atoms with van der Waals surface area (Å²) in [4.78, 5) is 14.5. The van der Waals surface area contributed by atoms with Crippen LogP contribution in [0.1, 0.15) is 30.4 Å². The van der Waals surface area contributed by atoms with Gasteiger partial charge in [0, 0.05) is 25.2 Å². The average molecular weight is 322 g/mol. The van der Waals surface area contributed by atoms with Crippen LogP contribution in [-0.2, 0) is 17.6 Å². The van der Waals surface area contributed by atoms with Gasteiger partial charge in [-0.3, -0.25) is 4.79 Å². The van der Waals surface area contributed by atoms with Gasteiger partial charge in [-0.05, 0) is 49.4 Å². The summed E-state index contributed by atoms with van der Waals surface area (Å²) >= 11 is 0. The fraction of sp³-hybridized carbons (Fsp3) is 0.381. The lowest BCUT2D eigenvalue weighted by atomic mass is 10.0. The fourth-order valence-electron chi connectivity index (χ4n) is 3.31. The monoisotopic (exact) mass is 322 g/mol. The summed E-state index contributed by atoms with van der Waals surface area (Å²) in [5.74, 6) is 0.234. The first-order valence-electron chi connectivity index (χ1n) is 8.97. The minimum Gasteiger partial charge on any atom is -0.316 e. The summed E-state index contributed by atoms with van der Waals surface area (Å²) in [6.07, 6.45) is 4.90. The number of carbonyl (C=O) groups is 1. The van der Waals surface area contributed by atoms with Gasteiger partial charge >= 0.3 is 0 Å². The SMILES string of the molecule is O=C(CCNCCCc1ccccc1)N1CCCc2ccccc21. The fourth-order valence-corrected chi connectivity index (χ4v) is 3.31. The zero-order chi connectivity index (χ0) is 16.6. The Hall–Kier alpha value is -2.13. The number of fused-ring (bicyclic) bond motifs is 1. The molecule has 0 saturated heterocycles. The molecule has 1 aliphatic rings. The Labute approximate surface area is 144 Å². The highest BCUT2D eigenvalue weighted by molar-refractivity contribution is 5.94. The van der Waals surface area contributed by atoms with Crippen molar-refractivity contribution < 1.29 is 4.79 Å². The van der Waals surface area contributed by atoms with Gasteiger partial charge < -0.3 is 10.2 Å². The third kappa shape index (κ3) is 4.45. The second-order valence-electron chi connectivity index (χ2n) is 6.37. The maximum atomic E-state index is 12.5. The zero-order valence-corrected chi connectivity index (χ0v) is 14.2. The van der Waals surface area contributed by atoms with Gasteiger partial charge in [0.1, 0.15) is 0 Å². The topological polar surface area (TPSA) is 32.3 Å². The number of nitrogens with one attached hydrogen (secondary N) is 1. The summed E-state index contributed by atoms with van der Waals surface area (Å²) in [7, 11) is 0. The molecular formula is C21H26N2O. The van der Waals surface area contributed by atoms with Gasteiger partial charge in [0.15, 0.2) is 0 Å². The van der Waals surface area contributed by atoms with Gasteiger partial charge in [0.2, 0.25) is 5.91 Å². The van der Waals surface area contributed by atoms with Crippen molar-refractivity contribution in [1.29, 1.82) is 0 Å². The van der Waals surface area contributed by atoms with Gasteiger partial charge in [-0.2, -0.15) is 0 Å². The van der Waals surface area contributed by atoms with Gasteiger partial charge in [-0.15, -0.1) is 0 Å². The number of amides is 1. The highest BCUT2D eigenvalue weighted by atomic mass is 16.2.